The van der Waals surface area contributed by atoms with E-state index in [9.17, 15) is 14.4 Å². The summed E-state index contributed by atoms with van der Waals surface area (Å²) in [5.74, 6) is -1.62. The lowest BCUT2D eigenvalue weighted by molar-refractivity contribution is -0.147. The number of carbonyl (C=O) groups is 3. The molecule has 0 heterocycles. The van der Waals surface area contributed by atoms with Crippen LogP contribution in [0.25, 0.3) is 0 Å². The third-order valence-electron chi connectivity index (χ3n) is 1.98. The van der Waals surface area contributed by atoms with Gasteiger partial charge >= 0.3 is 17.9 Å². The molecule has 8 heteroatoms. The van der Waals surface area contributed by atoms with Crippen molar-refractivity contribution in [2.75, 3.05) is 13.2 Å². The van der Waals surface area contributed by atoms with Crippen molar-refractivity contribution in [2.45, 2.75) is 53.6 Å². The Morgan fingerprint density at radius 2 is 1.44 bits per heavy atom. The number of hydrogen-bond acceptors (Lipinski definition) is 7. The maximum atomic E-state index is 10.7. The molecule has 0 radical (unpaired) electrons. The second kappa shape index (κ2) is 25.6. The minimum Gasteiger partial charge on any atom is -0.479 e. The number of hydrogen-bond donors (Lipinski definition) is 2. The van der Waals surface area contributed by atoms with E-state index >= 15 is 0 Å². The lowest BCUT2D eigenvalue weighted by atomic mass is 10.2. The molecule has 8 nitrogen and oxygen atoms in total. The monoisotopic (exact) mass is 387 g/mol. The van der Waals surface area contributed by atoms with Crippen molar-refractivity contribution in [1.29, 1.82) is 5.26 Å². The number of aliphatic carboxylic acids is 1. The molecule has 0 aromatic rings. The second-order valence-electron chi connectivity index (χ2n) is 5.04. The zero-order chi connectivity index (χ0) is 22.3. The SMILES string of the molecule is C=CC#N.C=CC(=O)OCCC.CCCOC(=O)C(C)C.C[C@@H](O)C(=O)O. The highest BCUT2D eigenvalue weighted by molar-refractivity contribution is 5.81. The summed E-state index contributed by atoms with van der Waals surface area (Å²) < 4.78 is 9.40. The van der Waals surface area contributed by atoms with E-state index in [-0.39, 0.29) is 17.9 Å². The molecule has 0 aliphatic rings. The van der Waals surface area contributed by atoms with Gasteiger partial charge in [-0.1, -0.05) is 40.9 Å². The molecule has 0 bridgehead atoms. The van der Waals surface area contributed by atoms with Crippen LogP contribution in [0.5, 0.6) is 0 Å². The van der Waals surface area contributed by atoms with Gasteiger partial charge in [-0.25, -0.2) is 9.59 Å². The standard InChI is InChI=1S/C7H14O2.C6H10O2.C3H3N.C3H6O3/c1-4-5-9-7(8)6(2)3;1-3-5-8-6(7)4-2;1-2-3-4;1-2(4)3(5)6/h6H,4-5H2,1-3H3;4H,2-3,5H2,1H3;2H,1H2;2,4H,1H3,(H,5,6)/t;;;2-/m...1/s1. The van der Waals surface area contributed by atoms with Crippen molar-refractivity contribution in [3.63, 3.8) is 0 Å². The molecule has 1 atom stereocenters. The van der Waals surface area contributed by atoms with E-state index in [2.05, 4.69) is 17.9 Å². The summed E-state index contributed by atoms with van der Waals surface area (Å²) in [4.78, 5) is 30.4. The Balaban J connectivity index is -0.000000136. The van der Waals surface area contributed by atoms with Crippen LogP contribution in [0.2, 0.25) is 0 Å². The number of carboxylic acid groups (broad SMARTS) is 1. The zero-order valence-corrected chi connectivity index (χ0v) is 16.9. The van der Waals surface area contributed by atoms with E-state index in [0.717, 1.165) is 18.9 Å². The summed E-state index contributed by atoms with van der Waals surface area (Å²) in [6.45, 7) is 16.2. The van der Waals surface area contributed by atoms with E-state index in [1.54, 1.807) is 6.07 Å². The topological polar surface area (TPSA) is 134 Å². The van der Waals surface area contributed by atoms with Crippen LogP contribution in [0.4, 0.5) is 0 Å². The maximum Gasteiger partial charge on any atom is 0.332 e. The van der Waals surface area contributed by atoms with Gasteiger partial charge in [-0.2, -0.15) is 5.26 Å². The molecule has 0 aromatic heterocycles. The molecule has 27 heavy (non-hydrogen) atoms. The lowest BCUT2D eigenvalue weighted by Crippen LogP contribution is -2.13. The van der Waals surface area contributed by atoms with E-state index in [1.807, 2.05) is 27.7 Å². The number of ether oxygens (including phenoxy) is 2. The first-order valence-electron chi connectivity index (χ1n) is 8.42. The van der Waals surface area contributed by atoms with Crippen LogP contribution in [0.3, 0.4) is 0 Å². The fourth-order valence-corrected chi connectivity index (χ4v) is 0.631. The third kappa shape index (κ3) is 39.8. The predicted molar refractivity (Wildman–Crippen MR) is 103 cm³/mol. The summed E-state index contributed by atoms with van der Waals surface area (Å²) in [5, 5.41) is 23.3. The first-order chi connectivity index (χ1) is 12.5. The third-order valence-corrected chi connectivity index (χ3v) is 1.98. The number of aliphatic hydroxyl groups excluding tert-OH is 1. The zero-order valence-electron chi connectivity index (χ0n) is 16.9. The molecule has 0 rings (SSSR count). The van der Waals surface area contributed by atoms with Gasteiger partial charge in [0.1, 0.15) is 6.10 Å². The van der Waals surface area contributed by atoms with Crippen LogP contribution in [0, 0.1) is 17.2 Å². The Labute approximate surface area is 162 Å². The fourth-order valence-electron chi connectivity index (χ4n) is 0.631. The van der Waals surface area contributed by atoms with Crippen LogP contribution in [-0.4, -0.2) is 47.4 Å². The Hall–Kier alpha value is -2.66. The Kier molecular flexibility index (Phi) is 30.4. The summed E-state index contributed by atoms with van der Waals surface area (Å²) in [7, 11) is 0. The molecule has 0 spiro atoms. The van der Waals surface area contributed by atoms with Gasteiger partial charge in [0, 0.05) is 12.2 Å². The van der Waals surface area contributed by atoms with Gasteiger partial charge in [0.15, 0.2) is 0 Å². The molecule has 0 aliphatic heterocycles. The molecule has 0 fully saturated rings. The van der Waals surface area contributed by atoms with Gasteiger partial charge in [-0.15, -0.1) is 0 Å². The molecule has 2 N–H and O–H groups in total. The van der Waals surface area contributed by atoms with Crippen molar-refractivity contribution >= 4 is 17.9 Å². The number of allylic oxidation sites excluding steroid dienone is 1. The average molecular weight is 387 g/mol. The van der Waals surface area contributed by atoms with Crippen molar-refractivity contribution in [2.24, 2.45) is 5.92 Å². The number of nitrogens with zero attached hydrogens (tertiary/aromatic N) is 1. The smallest absolute Gasteiger partial charge is 0.332 e. The minimum absolute atomic E-state index is 0.0107. The quantitative estimate of drug-likeness (QED) is 0.387. The highest BCUT2D eigenvalue weighted by atomic mass is 16.5. The number of rotatable bonds is 7. The van der Waals surface area contributed by atoms with Crippen LogP contribution in [-0.2, 0) is 23.9 Å². The van der Waals surface area contributed by atoms with E-state index in [1.165, 1.54) is 13.0 Å². The van der Waals surface area contributed by atoms with E-state index in [4.69, 9.17) is 20.2 Å². The normalized spacial score (nSPS) is 9.26. The molecular formula is C19H33NO7. The molecule has 0 saturated carbocycles. The van der Waals surface area contributed by atoms with Gasteiger partial charge in [-0.3, -0.25) is 4.79 Å². The average Bonchev–Trinajstić information content (AvgIpc) is 2.64. The summed E-state index contributed by atoms with van der Waals surface area (Å²) in [6, 6.07) is 1.69. The van der Waals surface area contributed by atoms with Crippen molar-refractivity contribution < 1.29 is 34.1 Å². The largest absolute Gasteiger partial charge is 0.479 e. The minimum atomic E-state index is -1.23. The summed E-state index contributed by atoms with van der Waals surface area (Å²) in [6.07, 6.45) is 2.87. The Morgan fingerprint density at radius 1 is 1.07 bits per heavy atom. The Morgan fingerprint density at radius 3 is 1.67 bits per heavy atom. The van der Waals surface area contributed by atoms with Crippen LogP contribution in [0.15, 0.2) is 25.3 Å². The second-order valence-corrected chi connectivity index (χ2v) is 5.04. The summed E-state index contributed by atoms with van der Waals surface area (Å²) >= 11 is 0. The van der Waals surface area contributed by atoms with Gasteiger partial charge in [0.2, 0.25) is 0 Å². The fraction of sp³-hybridized carbons (Fsp3) is 0.579. The first-order valence-corrected chi connectivity index (χ1v) is 8.42. The van der Waals surface area contributed by atoms with Crippen molar-refractivity contribution in [3.05, 3.63) is 25.3 Å². The van der Waals surface area contributed by atoms with Gasteiger partial charge < -0.3 is 19.7 Å². The van der Waals surface area contributed by atoms with Gasteiger partial charge in [0.05, 0.1) is 25.2 Å². The molecular weight excluding hydrogens is 354 g/mol. The van der Waals surface area contributed by atoms with Crippen LogP contribution in [0.1, 0.15) is 47.5 Å². The molecule has 0 aliphatic carbocycles. The number of aliphatic hydroxyl groups is 1. The van der Waals surface area contributed by atoms with E-state index < -0.39 is 12.1 Å². The van der Waals surface area contributed by atoms with E-state index in [0.29, 0.717) is 13.2 Å². The number of esters is 2. The summed E-state index contributed by atoms with van der Waals surface area (Å²) in [5.41, 5.74) is 0. The first kappa shape index (κ1) is 32.0. The van der Waals surface area contributed by atoms with Gasteiger partial charge in [0.25, 0.3) is 0 Å². The number of nitriles is 1. The van der Waals surface area contributed by atoms with Crippen molar-refractivity contribution in [1.82, 2.24) is 0 Å². The van der Waals surface area contributed by atoms with Crippen LogP contribution >= 0.6 is 0 Å². The Bertz CT molecular complexity index is 451. The highest BCUT2D eigenvalue weighted by Crippen LogP contribution is 1.95. The molecule has 0 unspecified atom stereocenters. The lowest BCUT2D eigenvalue weighted by Gasteiger charge is -2.03. The van der Waals surface area contributed by atoms with Crippen LogP contribution < -0.4 is 0 Å². The molecule has 0 aromatic carbocycles. The van der Waals surface area contributed by atoms with Crippen molar-refractivity contribution in [3.8, 4) is 6.07 Å². The van der Waals surface area contributed by atoms with Gasteiger partial charge in [-0.05, 0) is 19.8 Å². The number of carboxylic acids is 1. The number of carbonyl (C=O) groups excluding carboxylic acids is 2. The molecule has 0 amide bonds. The molecule has 0 saturated heterocycles. The molecule has 156 valence electrons. The predicted octanol–water partition coefficient (Wildman–Crippen LogP) is 2.87. The maximum absolute atomic E-state index is 10.7. The highest BCUT2D eigenvalue weighted by Gasteiger charge is 2.05.